The molecule has 0 aliphatic rings. The smallest absolute Gasteiger partial charge is 0.0540 e. The lowest BCUT2D eigenvalue weighted by atomic mass is 9.87. The summed E-state index contributed by atoms with van der Waals surface area (Å²) in [6, 6.07) is 62.8. The first-order chi connectivity index (χ1) is 23.4. The van der Waals surface area contributed by atoms with Crippen molar-refractivity contribution in [2.24, 2.45) is 0 Å². The molecule has 0 atom stereocenters. The predicted octanol–water partition coefficient (Wildman–Crippen LogP) is 13.2. The van der Waals surface area contributed by atoms with Crippen molar-refractivity contribution in [3.8, 4) is 0 Å². The fourth-order valence-corrected chi connectivity index (χ4v) is 6.20. The molecule has 7 aromatic carbocycles. The minimum Gasteiger partial charge on any atom is -0.311 e. The summed E-state index contributed by atoms with van der Waals surface area (Å²) >= 11 is 0. The van der Waals surface area contributed by atoms with Gasteiger partial charge < -0.3 is 9.80 Å². The van der Waals surface area contributed by atoms with Crippen LogP contribution in [0.1, 0.15) is 37.5 Å². The van der Waals surface area contributed by atoms with E-state index in [1.54, 1.807) is 0 Å². The van der Waals surface area contributed by atoms with E-state index in [1.807, 2.05) is 0 Å². The average Bonchev–Trinajstić information content (AvgIpc) is 3.13. The van der Waals surface area contributed by atoms with E-state index in [2.05, 4.69) is 219 Å². The van der Waals surface area contributed by atoms with Crippen LogP contribution in [0.4, 0.5) is 34.1 Å². The third-order valence-electron chi connectivity index (χ3n) is 8.80. The maximum atomic E-state index is 2.37. The van der Waals surface area contributed by atoms with Crippen LogP contribution in [-0.2, 0) is 5.41 Å². The molecule has 234 valence electrons. The van der Waals surface area contributed by atoms with Crippen LogP contribution in [0.15, 0.2) is 176 Å². The highest BCUT2D eigenvalue weighted by Gasteiger charge is 2.18. The van der Waals surface area contributed by atoms with E-state index in [0.717, 1.165) is 39.6 Å². The molecule has 0 N–H and O–H groups in total. The normalized spacial score (nSPS) is 11.6. The van der Waals surface area contributed by atoms with E-state index in [0.29, 0.717) is 0 Å². The Morgan fingerprint density at radius 2 is 0.792 bits per heavy atom. The summed E-state index contributed by atoms with van der Waals surface area (Å²) in [6.45, 7) is 6.78. The van der Waals surface area contributed by atoms with E-state index < -0.39 is 0 Å². The molecule has 7 aromatic rings. The van der Waals surface area contributed by atoms with Crippen molar-refractivity contribution in [3.63, 3.8) is 0 Å². The summed E-state index contributed by atoms with van der Waals surface area (Å²) in [5.41, 5.74) is 10.5. The summed E-state index contributed by atoms with van der Waals surface area (Å²) in [4.78, 5) is 4.65. The molecule has 0 aromatic heterocycles. The predicted molar refractivity (Wildman–Crippen MR) is 207 cm³/mol. The maximum absolute atomic E-state index is 2.37. The number of para-hydroxylation sites is 2. The zero-order valence-corrected chi connectivity index (χ0v) is 27.8. The van der Waals surface area contributed by atoms with Gasteiger partial charge in [-0.05, 0) is 94.2 Å². The number of hydrogen-bond acceptors (Lipinski definition) is 2. The van der Waals surface area contributed by atoms with E-state index in [-0.39, 0.29) is 5.41 Å². The van der Waals surface area contributed by atoms with Gasteiger partial charge in [0.2, 0.25) is 0 Å². The van der Waals surface area contributed by atoms with Crippen molar-refractivity contribution in [1.29, 1.82) is 0 Å². The van der Waals surface area contributed by atoms with Crippen molar-refractivity contribution in [2.75, 3.05) is 9.80 Å². The minimum atomic E-state index is 0.0975. The number of hydrogen-bond donors (Lipinski definition) is 0. The number of rotatable bonds is 8. The van der Waals surface area contributed by atoms with Crippen LogP contribution < -0.4 is 9.80 Å². The van der Waals surface area contributed by atoms with Gasteiger partial charge in [0.25, 0.3) is 0 Å². The standard InChI is InChI=1S/C46H40N2/c1-46(2,3)38-27-33-43(34-28-38)48(45-20-12-14-37-13-10-11-19-44(37)45)42-31-25-36(26-32-42)22-21-35-23-29-41(30-24-35)47(39-15-6-4-7-16-39)40-17-8-5-9-18-40/h4-34H,1-3H3/b22-21+. The molecule has 2 nitrogen and oxygen atoms in total. The molecular weight excluding hydrogens is 581 g/mol. The Morgan fingerprint density at radius 1 is 0.375 bits per heavy atom. The van der Waals surface area contributed by atoms with Gasteiger partial charge >= 0.3 is 0 Å². The molecule has 7 rings (SSSR count). The van der Waals surface area contributed by atoms with Gasteiger partial charge in [-0.25, -0.2) is 0 Å². The van der Waals surface area contributed by atoms with E-state index >= 15 is 0 Å². The molecule has 0 aliphatic heterocycles. The monoisotopic (exact) mass is 620 g/mol. The van der Waals surface area contributed by atoms with Crippen LogP contribution in [-0.4, -0.2) is 0 Å². The Kier molecular flexibility index (Phi) is 8.64. The van der Waals surface area contributed by atoms with Gasteiger partial charge in [0.1, 0.15) is 0 Å². The number of nitrogens with zero attached hydrogens (tertiary/aromatic N) is 2. The van der Waals surface area contributed by atoms with Gasteiger partial charge in [0.15, 0.2) is 0 Å². The highest BCUT2D eigenvalue weighted by molar-refractivity contribution is 5.99. The van der Waals surface area contributed by atoms with Gasteiger partial charge in [-0.2, -0.15) is 0 Å². The number of fused-ring (bicyclic) bond motifs is 1. The van der Waals surface area contributed by atoms with E-state index in [9.17, 15) is 0 Å². The summed E-state index contributed by atoms with van der Waals surface area (Å²) in [7, 11) is 0. The molecule has 0 unspecified atom stereocenters. The molecular formula is C46H40N2. The van der Waals surface area contributed by atoms with Gasteiger partial charge in [0.05, 0.1) is 5.69 Å². The molecule has 0 saturated heterocycles. The van der Waals surface area contributed by atoms with Gasteiger partial charge in [-0.3, -0.25) is 0 Å². The summed E-state index contributed by atoms with van der Waals surface area (Å²) in [5.74, 6) is 0. The van der Waals surface area contributed by atoms with Crippen molar-refractivity contribution >= 4 is 57.0 Å². The number of benzene rings is 7. The van der Waals surface area contributed by atoms with Gasteiger partial charge in [-0.15, -0.1) is 0 Å². The van der Waals surface area contributed by atoms with Crippen LogP contribution in [0.3, 0.4) is 0 Å². The summed E-state index contributed by atoms with van der Waals surface area (Å²) in [5, 5.41) is 2.46. The SMILES string of the molecule is CC(C)(C)c1ccc(N(c2ccc(/C=C/c3ccc(N(c4ccccc4)c4ccccc4)cc3)cc2)c2cccc3ccccc23)cc1. The molecule has 0 spiro atoms. The molecule has 0 aliphatic carbocycles. The Hall–Kier alpha value is -5.86. The first-order valence-corrected chi connectivity index (χ1v) is 16.6. The van der Waals surface area contributed by atoms with Crippen molar-refractivity contribution in [3.05, 3.63) is 193 Å². The van der Waals surface area contributed by atoms with Crippen LogP contribution in [0.5, 0.6) is 0 Å². The van der Waals surface area contributed by atoms with Crippen LogP contribution in [0.2, 0.25) is 0 Å². The third kappa shape index (κ3) is 6.65. The molecule has 2 heteroatoms. The quantitative estimate of drug-likeness (QED) is 0.156. The minimum absolute atomic E-state index is 0.0975. The Bertz CT molecular complexity index is 2080. The fourth-order valence-electron chi connectivity index (χ4n) is 6.20. The second kappa shape index (κ2) is 13.5. The second-order valence-electron chi connectivity index (χ2n) is 13.2. The van der Waals surface area contributed by atoms with Crippen molar-refractivity contribution < 1.29 is 0 Å². The Labute approximate surface area is 284 Å². The zero-order valence-electron chi connectivity index (χ0n) is 27.8. The Balaban J connectivity index is 1.17. The van der Waals surface area contributed by atoms with Crippen LogP contribution in [0.25, 0.3) is 22.9 Å². The average molecular weight is 621 g/mol. The molecule has 0 heterocycles. The van der Waals surface area contributed by atoms with Crippen molar-refractivity contribution in [1.82, 2.24) is 0 Å². The molecule has 48 heavy (non-hydrogen) atoms. The highest BCUT2D eigenvalue weighted by atomic mass is 15.1. The molecule has 0 fully saturated rings. The number of anilines is 6. The molecule has 0 radical (unpaired) electrons. The van der Waals surface area contributed by atoms with E-state index in [1.165, 1.54) is 22.0 Å². The van der Waals surface area contributed by atoms with Gasteiger partial charge in [0, 0.05) is 33.8 Å². The first kappa shape index (κ1) is 30.8. The van der Waals surface area contributed by atoms with Crippen molar-refractivity contribution in [2.45, 2.75) is 26.2 Å². The second-order valence-corrected chi connectivity index (χ2v) is 13.2. The topological polar surface area (TPSA) is 6.48 Å². The maximum Gasteiger partial charge on any atom is 0.0540 e. The third-order valence-corrected chi connectivity index (χ3v) is 8.80. The largest absolute Gasteiger partial charge is 0.311 e. The molecule has 0 amide bonds. The summed E-state index contributed by atoms with van der Waals surface area (Å²) in [6.07, 6.45) is 4.37. The highest BCUT2D eigenvalue weighted by Crippen LogP contribution is 2.40. The first-order valence-electron chi connectivity index (χ1n) is 16.6. The summed E-state index contributed by atoms with van der Waals surface area (Å²) < 4.78 is 0. The molecule has 0 bridgehead atoms. The van der Waals surface area contributed by atoms with E-state index in [4.69, 9.17) is 0 Å². The lowest BCUT2D eigenvalue weighted by Gasteiger charge is -2.28. The van der Waals surface area contributed by atoms with Crippen LogP contribution in [0, 0.1) is 0 Å². The lowest BCUT2D eigenvalue weighted by molar-refractivity contribution is 0.590. The molecule has 0 saturated carbocycles. The fraction of sp³-hybridized carbons (Fsp3) is 0.0870. The zero-order chi connectivity index (χ0) is 32.9. The lowest BCUT2D eigenvalue weighted by Crippen LogP contribution is -2.13. The van der Waals surface area contributed by atoms with Crippen LogP contribution >= 0.6 is 0 Å². The van der Waals surface area contributed by atoms with Gasteiger partial charge in [-0.1, -0.05) is 142 Å². The Morgan fingerprint density at radius 3 is 1.31 bits per heavy atom.